The van der Waals surface area contributed by atoms with Gasteiger partial charge in [-0.2, -0.15) is 5.10 Å². The molecule has 0 aromatic carbocycles. The zero-order valence-corrected chi connectivity index (χ0v) is 8.42. The molecule has 1 N–H and O–H groups in total. The number of nitrogens with zero attached hydrogens (tertiary/aromatic N) is 5. The molecular weight excluding hydrogens is 196 g/mol. The Labute approximate surface area is 86.7 Å². The van der Waals surface area contributed by atoms with Crippen LogP contribution in [-0.4, -0.2) is 28.8 Å². The van der Waals surface area contributed by atoms with Crippen LogP contribution in [0.5, 0.6) is 0 Å². The van der Waals surface area contributed by atoms with E-state index in [0.717, 1.165) is 0 Å². The second-order valence-electron chi connectivity index (χ2n) is 2.97. The Bertz CT molecular complexity index is 378. The zero-order chi connectivity index (χ0) is 11.1. The van der Waals surface area contributed by atoms with Crippen molar-refractivity contribution in [1.29, 1.82) is 0 Å². The molecule has 80 valence electrons. The fraction of sp³-hybridized carbons (Fsp3) is 0.500. The van der Waals surface area contributed by atoms with Crippen molar-refractivity contribution in [3.05, 3.63) is 28.4 Å². The van der Waals surface area contributed by atoms with Gasteiger partial charge in [-0.05, 0) is 12.0 Å². The summed E-state index contributed by atoms with van der Waals surface area (Å²) in [6.07, 6.45) is 3.78. The van der Waals surface area contributed by atoms with Gasteiger partial charge >= 0.3 is 0 Å². The molecule has 0 aliphatic rings. The van der Waals surface area contributed by atoms with Crippen LogP contribution >= 0.6 is 0 Å². The van der Waals surface area contributed by atoms with Crippen molar-refractivity contribution in [2.75, 3.05) is 13.1 Å². The number of nitrogens with one attached hydrogen (secondary N) is 1. The third kappa shape index (κ3) is 3.70. The SMILES string of the molecule is Cn1cc(C(=O)NCCCN=[N+]=[N-])cn1. The quantitative estimate of drug-likeness (QED) is 0.336. The van der Waals surface area contributed by atoms with E-state index >= 15 is 0 Å². The fourth-order valence-corrected chi connectivity index (χ4v) is 1.04. The zero-order valence-electron chi connectivity index (χ0n) is 8.42. The highest BCUT2D eigenvalue weighted by Crippen LogP contribution is 1.95. The van der Waals surface area contributed by atoms with Crippen LogP contribution in [0.3, 0.4) is 0 Å². The molecule has 0 aliphatic carbocycles. The molecule has 0 saturated heterocycles. The molecule has 1 amide bonds. The van der Waals surface area contributed by atoms with Crippen LogP contribution in [0.1, 0.15) is 16.8 Å². The third-order valence-electron chi connectivity index (χ3n) is 1.75. The second kappa shape index (κ2) is 5.66. The summed E-state index contributed by atoms with van der Waals surface area (Å²) in [5.41, 5.74) is 8.54. The van der Waals surface area contributed by atoms with E-state index in [1.807, 2.05) is 0 Å². The summed E-state index contributed by atoms with van der Waals surface area (Å²) in [4.78, 5) is 14.0. The lowest BCUT2D eigenvalue weighted by atomic mass is 10.3. The second-order valence-corrected chi connectivity index (χ2v) is 2.97. The van der Waals surface area contributed by atoms with Crippen molar-refractivity contribution in [2.45, 2.75) is 6.42 Å². The monoisotopic (exact) mass is 208 g/mol. The minimum absolute atomic E-state index is 0.163. The number of hydrogen-bond donors (Lipinski definition) is 1. The molecular formula is C8H12N6O. The Balaban J connectivity index is 2.27. The smallest absolute Gasteiger partial charge is 0.254 e. The first-order valence-corrected chi connectivity index (χ1v) is 4.51. The molecule has 1 heterocycles. The van der Waals surface area contributed by atoms with E-state index in [1.165, 1.54) is 6.20 Å². The largest absolute Gasteiger partial charge is 0.352 e. The van der Waals surface area contributed by atoms with E-state index in [-0.39, 0.29) is 5.91 Å². The Morgan fingerprint density at radius 3 is 3.20 bits per heavy atom. The van der Waals surface area contributed by atoms with Crippen LogP contribution in [0.4, 0.5) is 0 Å². The average molecular weight is 208 g/mol. The Kier molecular flexibility index (Phi) is 4.18. The lowest BCUT2D eigenvalue weighted by Gasteiger charge is -2.00. The van der Waals surface area contributed by atoms with Crippen molar-refractivity contribution in [2.24, 2.45) is 12.2 Å². The summed E-state index contributed by atoms with van der Waals surface area (Å²) in [5, 5.41) is 9.94. The molecule has 0 atom stereocenters. The molecule has 1 aromatic heterocycles. The first-order chi connectivity index (χ1) is 7.24. The van der Waals surface area contributed by atoms with Crippen LogP contribution in [0.25, 0.3) is 10.4 Å². The number of carbonyl (C=O) groups is 1. The summed E-state index contributed by atoms with van der Waals surface area (Å²) in [6.45, 7) is 0.885. The molecule has 1 rings (SSSR count). The van der Waals surface area contributed by atoms with Gasteiger partial charge in [0.2, 0.25) is 0 Å². The van der Waals surface area contributed by atoms with Gasteiger partial charge in [-0.15, -0.1) is 0 Å². The van der Waals surface area contributed by atoms with Crippen LogP contribution in [-0.2, 0) is 7.05 Å². The normalized spacial score (nSPS) is 9.40. The number of aryl methyl sites for hydroxylation is 1. The van der Waals surface area contributed by atoms with Crippen LogP contribution in [0.15, 0.2) is 17.5 Å². The molecule has 0 unspecified atom stereocenters. The number of amides is 1. The van der Waals surface area contributed by atoms with Gasteiger partial charge in [-0.1, -0.05) is 5.11 Å². The van der Waals surface area contributed by atoms with Crippen molar-refractivity contribution in [1.82, 2.24) is 15.1 Å². The number of aromatic nitrogens is 2. The van der Waals surface area contributed by atoms with Gasteiger partial charge in [-0.3, -0.25) is 9.48 Å². The molecule has 7 heteroatoms. The van der Waals surface area contributed by atoms with E-state index in [9.17, 15) is 4.79 Å². The van der Waals surface area contributed by atoms with E-state index < -0.39 is 0 Å². The standard InChI is InChI=1S/C8H12N6O/c1-14-6-7(5-12-14)8(15)10-3-2-4-11-13-9/h5-6H,2-4H2,1H3,(H,10,15). The topological polar surface area (TPSA) is 95.7 Å². The molecule has 0 saturated carbocycles. The van der Waals surface area contributed by atoms with Gasteiger partial charge in [0.1, 0.15) is 0 Å². The van der Waals surface area contributed by atoms with Crippen molar-refractivity contribution < 1.29 is 4.79 Å². The number of rotatable bonds is 5. The highest BCUT2D eigenvalue weighted by atomic mass is 16.1. The van der Waals surface area contributed by atoms with Crippen molar-refractivity contribution >= 4 is 5.91 Å². The Hall–Kier alpha value is -2.01. The molecule has 15 heavy (non-hydrogen) atoms. The molecule has 7 nitrogen and oxygen atoms in total. The van der Waals surface area contributed by atoms with Gasteiger partial charge in [0.25, 0.3) is 5.91 Å². The maximum atomic E-state index is 11.4. The number of hydrogen-bond acceptors (Lipinski definition) is 3. The van der Waals surface area contributed by atoms with Gasteiger partial charge in [0.05, 0.1) is 11.8 Å². The van der Waals surface area contributed by atoms with Crippen LogP contribution in [0, 0.1) is 0 Å². The molecule has 0 fully saturated rings. The summed E-state index contributed by atoms with van der Waals surface area (Å²) in [7, 11) is 1.75. The van der Waals surface area contributed by atoms with Gasteiger partial charge in [-0.25, -0.2) is 0 Å². The third-order valence-corrected chi connectivity index (χ3v) is 1.75. The Morgan fingerprint density at radius 1 is 1.80 bits per heavy atom. The van der Waals surface area contributed by atoms with Crippen molar-refractivity contribution in [3.8, 4) is 0 Å². The van der Waals surface area contributed by atoms with Gasteiger partial charge < -0.3 is 5.32 Å². The van der Waals surface area contributed by atoms with E-state index in [0.29, 0.717) is 25.1 Å². The molecule has 0 aliphatic heterocycles. The lowest BCUT2D eigenvalue weighted by Crippen LogP contribution is -2.24. The lowest BCUT2D eigenvalue weighted by molar-refractivity contribution is 0.0953. The highest BCUT2D eigenvalue weighted by Gasteiger charge is 2.05. The fourth-order valence-electron chi connectivity index (χ4n) is 1.04. The first kappa shape index (κ1) is 11.1. The van der Waals surface area contributed by atoms with E-state index in [4.69, 9.17) is 5.53 Å². The maximum Gasteiger partial charge on any atom is 0.254 e. The first-order valence-electron chi connectivity index (χ1n) is 4.51. The number of azide groups is 1. The van der Waals surface area contributed by atoms with Crippen LogP contribution in [0.2, 0.25) is 0 Å². The molecule has 0 bridgehead atoms. The Morgan fingerprint density at radius 2 is 2.60 bits per heavy atom. The molecule has 0 radical (unpaired) electrons. The minimum Gasteiger partial charge on any atom is -0.352 e. The van der Waals surface area contributed by atoms with Crippen molar-refractivity contribution in [3.63, 3.8) is 0 Å². The average Bonchev–Trinajstić information content (AvgIpc) is 2.64. The van der Waals surface area contributed by atoms with E-state index in [2.05, 4.69) is 20.4 Å². The van der Waals surface area contributed by atoms with E-state index in [1.54, 1.807) is 17.9 Å². The van der Waals surface area contributed by atoms with Crippen LogP contribution < -0.4 is 5.32 Å². The summed E-state index contributed by atoms with van der Waals surface area (Å²) in [6, 6.07) is 0. The van der Waals surface area contributed by atoms with Gasteiger partial charge in [0.15, 0.2) is 0 Å². The maximum absolute atomic E-state index is 11.4. The predicted molar refractivity (Wildman–Crippen MR) is 54.2 cm³/mol. The summed E-state index contributed by atoms with van der Waals surface area (Å²) < 4.78 is 1.56. The number of carbonyl (C=O) groups excluding carboxylic acids is 1. The highest BCUT2D eigenvalue weighted by molar-refractivity contribution is 5.93. The predicted octanol–water partition coefficient (Wildman–Crippen LogP) is 0.850. The molecule has 1 aromatic rings. The molecule has 0 spiro atoms. The minimum atomic E-state index is -0.163. The summed E-state index contributed by atoms with van der Waals surface area (Å²) >= 11 is 0. The van der Waals surface area contributed by atoms with Gasteiger partial charge in [0, 0.05) is 31.2 Å². The summed E-state index contributed by atoms with van der Waals surface area (Å²) in [5.74, 6) is -0.163.